The molecular formula is C13H14ClF4NO. The van der Waals surface area contributed by atoms with Crippen LogP contribution in [0.2, 0.25) is 0 Å². The van der Waals surface area contributed by atoms with Gasteiger partial charge >= 0.3 is 6.18 Å². The van der Waals surface area contributed by atoms with Crippen molar-refractivity contribution in [1.82, 2.24) is 5.32 Å². The van der Waals surface area contributed by atoms with Gasteiger partial charge in [0.05, 0.1) is 11.1 Å². The summed E-state index contributed by atoms with van der Waals surface area (Å²) in [5, 5.41) is 2.40. The van der Waals surface area contributed by atoms with Crippen molar-refractivity contribution in [2.45, 2.75) is 19.5 Å². The molecule has 0 spiro atoms. The lowest BCUT2D eigenvalue weighted by Crippen LogP contribution is -2.29. The lowest BCUT2D eigenvalue weighted by atomic mass is 10.1. The van der Waals surface area contributed by atoms with Crippen molar-refractivity contribution in [3.8, 4) is 0 Å². The summed E-state index contributed by atoms with van der Waals surface area (Å²) in [4.78, 5) is 11.7. The summed E-state index contributed by atoms with van der Waals surface area (Å²) in [6, 6.07) is 1.75. The van der Waals surface area contributed by atoms with Crippen LogP contribution in [0.15, 0.2) is 18.2 Å². The van der Waals surface area contributed by atoms with Gasteiger partial charge in [-0.15, -0.1) is 11.6 Å². The van der Waals surface area contributed by atoms with Gasteiger partial charge in [-0.25, -0.2) is 4.39 Å². The van der Waals surface area contributed by atoms with E-state index in [9.17, 15) is 22.4 Å². The van der Waals surface area contributed by atoms with Crippen LogP contribution in [0.5, 0.6) is 0 Å². The summed E-state index contributed by atoms with van der Waals surface area (Å²) in [6.45, 7) is 2.05. The van der Waals surface area contributed by atoms with Crippen LogP contribution in [0.4, 0.5) is 17.6 Å². The van der Waals surface area contributed by atoms with E-state index in [1.807, 2.05) is 6.92 Å². The van der Waals surface area contributed by atoms with Gasteiger partial charge < -0.3 is 5.32 Å². The number of rotatable bonds is 5. The van der Waals surface area contributed by atoms with Gasteiger partial charge in [-0.3, -0.25) is 4.79 Å². The van der Waals surface area contributed by atoms with Crippen LogP contribution in [0.3, 0.4) is 0 Å². The first-order valence-electron chi connectivity index (χ1n) is 5.96. The highest BCUT2D eigenvalue weighted by molar-refractivity contribution is 6.17. The fourth-order valence-electron chi connectivity index (χ4n) is 1.53. The average molecular weight is 312 g/mol. The molecule has 0 bridgehead atoms. The zero-order chi connectivity index (χ0) is 15.3. The molecule has 2 nitrogen and oxygen atoms in total. The quantitative estimate of drug-likeness (QED) is 0.649. The SMILES string of the molecule is CC(CCCl)CNC(=O)c1cc(C(F)(F)F)ccc1F. The van der Waals surface area contributed by atoms with Crippen LogP contribution in [0.1, 0.15) is 29.3 Å². The Labute approximate surface area is 119 Å². The molecule has 1 atom stereocenters. The van der Waals surface area contributed by atoms with Gasteiger partial charge in [-0.05, 0) is 30.5 Å². The molecule has 0 aliphatic carbocycles. The molecule has 112 valence electrons. The number of halogens is 5. The molecule has 20 heavy (non-hydrogen) atoms. The smallest absolute Gasteiger partial charge is 0.352 e. The van der Waals surface area contributed by atoms with Gasteiger partial charge in [0.1, 0.15) is 5.82 Å². The van der Waals surface area contributed by atoms with E-state index in [2.05, 4.69) is 5.32 Å². The molecule has 1 aromatic rings. The molecule has 1 rings (SSSR count). The highest BCUT2D eigenvalue weighted by Gasteiger charge is 2.31. The van der Waals surface area contributed by atoms with Crippen LogP contribution in [-0.4, -0.2) is 18.3 Å². The first-order chi connectivity index (χ1) is 9.25. The molecular weight excluding hydrogens is 298 g/mol. The molecule has 1 N–H and O–H groups in total. The second-order valence-corrected chi connectivity index (χ2v) is 4.86. The van der Waals surface area contributed by atoms with E-state index >= 15 is 0 Å². The summed E-state index contributed by atoms with van der Waals surface area (Å²) in [6.07, 6.45) is -3.97. The number of carbonyl (C=O) groups is 1. The Morgan fingerprint density at radius 3 is 2.60 bits per heavy atom. The first kappa shape index (κ1) is 16.8. The number of alkyl halides is 4. The summed E-state index contributed by atoms with van der Waals surface area (Å²) >= 11 is 5.53. The normalized spacial score (nSPS) is 13.1. The Hall–Kier alpha value is -1.30. The van der Waals surface area contributed by atoms with Crippen molar-refractivity contribution in [3.63, 3.8) is 0 Å². The Bertz CT molecular complexity index is 476. The molecule has 0 saturated carbocycles. The zero-order valence-electron chi connectivity index (χ0n) is 10.7. The predicted octanol–water partition coefficient (Wildman–Crippen LogP) is 3.84. The minimum Gasteiger partial charge on any atom is -0.352 e. The molecule has 1 amide bonds. The van der Waals surface area contributed by atoms with Crippen LogP contribution in [0.25, 0.3) is 0 Å². The third-order valence-electron chi connectivity index (χ3n) is 2.75. The van der Waals surface area contributed by atoms with Gasteiger partial charge in [0.25, 0.3) is 5.91 Å². The van der Waals surface area contributed by atoms with Crippen molar-refractivity contribution >= 4 is 17.5 Å². The summed E-state index contributed by atoms with van der Waals surface area (Å²) in [5.74, 6) is -1.38. The van der Waals surface area contributed by atoms with Crippen LogP contribution < -0.4 is 5.32 Å². The van der Waals surface area contributed by atoms with Crippen molar-refractivity contribution in [2.75, 3.05) is 12.4 Å². The standard InChI is InChI=1S/C13H14ClF4NO/c1-8(4-5-14)7-19-12(20)10-6-9(13(16,17)18)2-3-11(10)15/h2-3,6,8H,4-5,7H2,1H3,(H,19,20). The lowest BCUT2D eigenvalue weighted by Gasteiger charge is -2.13. The summed E-state index contributed by atoms with van der Waals surface area (Å²) in [5.41, 5.74) is -1.67. The van der Waals surface area contributed by atoms with Gasteiger partial charge in [-0.2, -0.15) is 13.2 Å². The molecule has 0 heterocycles. The maximum absolute atomic E-state index is 13.4. The molecule has 0 aromatic heterocycles. The van der Waals surface area contributed by atoms with Crippen molar-refractivity contribution in [3.05, 3.63) is 35.1 Å². The lowest BCUT2D eigenvalue weighted by molar-refractivity contribution is -0.137. The Morgan fingerprint density at radius 1 is 1.40 bits per heavy atom. The average Bonchev–Trinajstić information content (AvgIpc) is 2.35. The van der Waals surface area contributed by atoms with Crippen molar-refractivity contribution < 1.29 is 22.4 Å². The first-order valence-corrected chi connectivity index (χ1v) is 6.50. The molecule has 0 aliphatic heterocycles. The minimum atomic E-state index is -4.62. The van der Waals surface area contributed by atoms with E-state index in [0.29, 0.717) is 30.5 Å². The van der Waals surface area contributed by atoms with Gasteiger partial charge in [0, 0.05) is 12.4 Å². The fourth-order valence-corrected chi connectivity index (χ4v) is 1.90. The van der Waals surface area contributed by atoms with E-state index in [1.165, 1.54) is 0 Å². The van der Waals surface area contributed by atoms with E-state index in [0.717, 1.165) is 0 Å². The molecule has 0 fully saturated rings. The monoisotopic (exact) mass is 311 g/mol. The maximum Gasteiger partial charge on any atom is 0.416 e. The van der Waals surface area contributed by atoms with Crippen LogP contribution in [-0.2, 0) is 6.18 Å². The third-order valence-corrected chi connectivity index (χ3v) is 2.97. The van der Waals surface area contributed by atoms with Crippen molar-refractivity contribution in [1.29, 1.82) is 0 Å². The number of hydrogen-bond acceptors (Lipinski definition) is 1. The van der Waals surface area contributed by atoms with Crippen LogP contribution >= 0.6 is 11.6 Å². The van der Waals surface area contributed by atoms with Gasteiger partial charge in [0.2, 0.25) is 0 Å². The second-order valence-electron chi connectivity index (χ2n) is 4.49. The minimum absolute atomic E-state index is 0.0605. The molecule has 1 unspecified atom stereocenters. The molecule has 1 aromatic carbocycles. The second kappa shape index (κ2) is 6.92. The maximum atomic E-state index is 13.4. The Balaban J connectivity index is 2.82. The number of nitrogens with one attached hydrogen (secondary N) is 1. The summed E-state index contributed by atoms with van der Waals surface area (Å²) < 4.78 is 51.0. The predicted molar refractivity (Wildman–Crippen MR) is 68.2 cm³/mol. The fraction of sp³-hybridized carbons (Fsp3) is 0.462. The van der Waals surface area contributed by atoms with E-state index in [4.69, 9.17) is 11.6 Å². The molecule has 0 aliphatic rings. The van der Waals surface area contributed by atoms with E-state index < -0.39 is 29.0 Å². The highest BCUT2D eigenvalue weighted by atomic mass is 35.5. The largest absolute Gasteiger partial charge is 0.416 e. The van der Waals surface area contributed by atoms with E-state index in [-0.39, 0.29) is 12.5 Å². The molecule has 0 saturated heterocycles. The Morgan fingerprint density at radius 2 is 2.05 bits per heavy atom. The van der Waals surface area contributed by atoms with Crippen molar-refractivity contribution in [2.24, 2.45) is 5.92 Å². The van der Waals surface area contributed by atoms with Gasteiger partial charge in [-0.1, -0.05) is 6.92 Å². The number of amides is 1. The number of carbonyl (C=O) groups excluding carboxylic acids is 1. The Kier molecular flexibility index (Phi) is 5.80. The van der Waals surface area contributed by atoms with Gasteiger partial charge in [0.15, 0.2) is 0 Å². The zero-order valence-corrected chi connectivity index (χ0v) is 11.5. The van der Waals surface area contributed by atoms with Crippen LogP contribution in [0, 0.1) is 11.7 Å². The highest BCUT2D eigenvalue weighted by Crippen LogP contribution is 2.30. The number of benzene rings is 1. The number of hydrogen-bond donors (Lipinski definition) is 1. The summed E-state index contributed by atoms with van der Waals surface area (Å²) in [7, 11) is 0. The molecule has 7 heteroatoms. The molecule has 0 radical (unpaired) electrons. The topological polar surface area (TPSA) is 29.1 Å². The third kappa shape index (κ3) is 4.67. The van der Waals surface area contributed by atoms with E-state index in [1.54, 1.807) is 0 Å².